The molecule has 0 saturated carbocycles. The predicted octanol–water partition coefficient (Wildman–Crippen LogP) is 0.828. The van der Waals surface area contributed by atoms with Gasteiger partial charge in [0, 0.05) is 25.7 Å². The Morgan fingerprint density at radius 3 is 2.57 bits per heavy atom. The molecule has 0 aliphatic heterocycles. The van der Waals surface area contributed by atoms with Crippen LogP contribution >= 0.6 is 0 Å². The van der Waals surface area contributed by atoms with E-state index in [2.05, 4.69) is 9.97 Å². The van der Waals surface area contributed by atoms with Gasteiger partial charge < -0.3 is 15.8 Å². The molecule has 2 rings (SSSR count). The molecule has 0 fully saturated rings. The maximum absolute atomic E-state index is 13.8. The number of aliphatic hydroxyl groups excluding tert-OH is 1. The number of halogens is 1. The number of carbonyl (C=O) groups excluding carboxylic acids is 2. The Bertz CT molecular complexity index is 684. The van der Waals surface area contributed by atoms with E-state index in [4.69, 9.17) is 16.7 Å². The number of aldehydes is 1. The van der Waals surface area contributed by atoms with Crippen LogP contribution in [0.2, 0.25) is 0 Å². The third-order valence-corrected chi connectivity index (χ3v) is 2.51. The van der Waals surface area contributed by atoms with E-state index in [1.165, 1.54) is 18.6 Å². The van der Waals surface area contributed by atoms with Gasteiger partial charge in [-0.25, -0.2) is 15.2 Å². The number of H-pyrrole nitrogens is 1. The van der Waals surface area contributed by atoms with Gasteiger partial charge in [0.15, 0.2) is 17.9 Å². The Balaban J connectivity index is 0.00000112. The van der Waals surface area contributed by atoms with Crippen LogP contribution in [0.1, 0.15) is 24.2 Å². The Labute approximate surface area is 132 Å². The number of hydrogen-bond donors (Lipinski definition) is 4. The van der Waals surface area contributed by atoms with Crippen molar-refractivity contribution in [3.8, 4) is 0 Å². The highest BCUT2D eigenvalue weighted by molar-refractivity contribution is 6.36. The van der Waals surface area contributed by atoms with E-state index < -0.39 is 11.6 Å². The number of anilines is 1. The number of aliphatic hydroxyl groups is 1. The highest BCUT2D eigenvalue weighted by Crippen LogP contribution is 2.27. The third-order valence-electron chi connectivity index (χ3n) is 2.51. The van der Waals surface area contributed by atoms with Crippen molar-refractivity contribution in [2.24, 2.45) is 11.6 Å². The van der Waals surface area contributed by atoms with E-state index in [0.717, 1.165) is 18.3 Å². The fraction of sp³-hybridized carbons (Fsp3) is 0.214. The zero-order valence-corrected chi connectivity index (χ0v) is 13.1. The molecule has 6 N–H and O–H groups in total. The van der Waals surface area contributed by atoms with E-state index in [-0.39, 0.29) is 28.6 Å². The first-order valence-electron chi connectivity index (χ1n) is 6.62. The monoisotopic (exact) mass is 325 g/mol. The molecule has 0 atom stereocenters. The van der Waals surface area contributed by atoms with Crippen molar-refractivity contribution >= 4 is 28.8 Å². The minimum atomic E-state index is -0.833. The van der Waals surface area contributed by atoms with Crippen molar-refractivity contribution in [1.82, 2.24) is 9.97 Å². The van der Waals surface area contributed by atoms with Crippen molar-refractivity contribution in [3.05, 3.63) is 36.2 Å². The van der Waals surface area contributed by atoms with Gasteiger partial charge >= 0.3 is 0 Å². The highest BCUT2D eigenvalue weighted by atomic mass is 19.1. The van der Waals surface area contributed by atoms with Crippen LogP contribution in [0.15, 0.2) is 24.8 Å². The second-order valence-electron chi connectivity index (χ2n) is 3.61. The van der Waals surface area contributed by atoms with E-state index in [1.807, 2.05) is 13.8 Å². The van der Waals surface area contributed by atoms with Crippen molar-refractivity contribution in [2.45, 2.75) is 13.8 Å². The molecule has 0 spiro atoms. The number of hydrogen-bond acceptors (Lipinski definition) is 7. The number of pyridine rings is 1. The number of hydrazine groups is 1. The van der Waals surface area contributed by atoms with Crippen molar-refractivity contribution < 1.29 is 19.1 Å². The number of Topliss-reactive ketones (excluding diaryl/α,β-unsaturated/α-hetero) is 1. The minimum Gasteiger partial charge on any atom is -0.403 e. The molecule has 8 nitrogen and oxygen atoms in total. The lowest BCUT2D eigenvalue weighted by molar-refractivity contribution is -0.104. The first-order valence-corrected chi connectivity index (χ1v) is 6.62. The number of nitrogens with two attached hydrogens (primary N) is 2. The maximum Gasteiger partial charge on any atom is 0.227 e. The van der Waals surface area contributed by atoms with Crippen molar-refractivity contribution in [2.75, 3.05) is 12.1 Å². The van der Waals surface area contributed by atoms with Gasteiger partial charge in [-0.3, -0.25) is 14.6 Å². The van der Waals surface area contributed by atoms with Crippen LogP contribution in [0.4, 0.5) is 10.2 Å². The van der Waals surface area contributed by atoms with Crippen LogP contribution in [0, 0.1) is 5.82 Å². The Morgan fingerprint density at radius 2 is 2.04 bits per heavy atom. The Hall–Kier alpha value is -2.78. The van der Waals surface area contributed by atoms with Gasteiger partial charge in [-0.15, -0.1) is 0 Å². The molecule has 0 radical (unpaired) electrons. The van der Waals surface area contributed by atoms with Crippen LogP contribution in [-0.2, 0) is 4.79 Å². The van der Waals surface area contributed by atoms with E-state index in [0.29, 0.717) is 0 Å². The summed E-state index contributed by atoms with van der Waals surface area (Å²) in [4.78, 5) is 28.4. The standard InChI is InChI=1S/C11H10FN5O2.C2H6.CH4O/c12-7-4-16-11(17(14)2-1-13)10-9(7)6(3-15-10)8(19)5-18;2*1-2/h1-5,15H,13-14H2;1-2H3;2H,1H3/b2-1-;;. The van der Waals surface area contributed by atoms with Gasteiger partial charge in [0.1, 0.15) is 0 Å². The van der Waals surface area contributed by atoms with Gasteiger partial charge in [0.25, 0.3) is 0 Å². The molecule has 0 aliphatic carbocycles. The normalized spacial score (nSPS) is 9.65. The molecule has 9 heteroatoms. The average molecular weight is 325 g/mol. The zero-order chi connectivity index (χ0) is 18.0. The molecule has 2 aromatic rings. The molecule has 126 valence electrons. The molecule has 0 unspecified atom stereocenters. The van der Waals surface area contributed by atoms with Crippen LogP contribution in [0.3, 0.4) is 0 Å². The quantitative estimate of drug-likeness (QED) is 0.215. The largest absolute Gasteiger partial charge is 0.403 e. The molecule has 0 aliphatic rings. The molecule has 0 bridgehead atoms. The van der Waals surface area contributed by atoms with E-state index >= 15 is 0 Å². The second kappa shape index (κ2) is 10.0. The average Bonchev–Trinajstić information content (AvgIpc) is 3.04. The van der Waals surface area contributed by atoms with Gasteiger partial charge in [-0.1, -0.05) is 13.8 Å². The fourth-order valence-corrected chi connectivity index (χ4v) is 1.71. The highest BCUT2D eigenvalue weighted by Gasteiger charge is 2.19. The molecule has 23 heavy (non-hydrogen) atoms. The number of aromatic amines is 1. The van der Waals surface area contributed by atoms with Gasteiger partial charge in [0.2, 0.25) is 5.78 Å². The van der Waals surface area contributed by atoms with Crippen molar-refractivity contribution in [1.29, 1.82) is 0 Å². The summed E-state index contributed by atoms with van der Waals surface area (Å²) < 4.78 is 13.8. The summed E-state index contributed by atoms with van der Waals surface area (Å²) in [6.07, 6.45) is 4.74. The Morgan fingerprint density at radius 1 is 1.43 bits per heavy atom. The van der Waals surface area contributed by atoms with Crippen LogP contribution in [0.5, 0.6) is 0 Å². The lowest BCUT2D eigenvalue weighted by Gasteiger charge is -2.12. The van der Waals surface area contributed by atoms with Crippen LogP contribution < -0.4 is 16.6 Å². The second-order valence-corrected chi connectivity index (χ2v) is 3.61. The molecular formula is C14H20FN5O3. The van der Waals surface area contributed by atoms with E-state index in [1.54, 1.807) is 0 Å². The summed E-state index contributed by atoms with van der Waals surface area (Å²) in [6.45, 7) is 4.00. The maximum atomic E-state index is 13.8. The summed E-state index contributed by atoms with van der Waals surface area (Å²) in [5.74, 6) is 4.26. The zero-order valence-electron chi connectivity index (χ0n) is 13.1. The SMILES string of the molecule is CC.CO.N/C=C\N(N)c1ncc(F)c2c(C(=O)C=O)c[nH]c12. The van der Waals surface area contributed by atoms with Crippen LogP contribution in [-0.4, -0.2) is 34.3 Å². The molecule has 2 heterocycles. The number of carbonyl (C=O) groups is 2. The first kappa shape index (κ1) is 20.2. The molecule has 0 aromatic carbocycles. The first-order chi connectivity index (χ1) is 11.1. The van der Waals surface area contributed by atoms with Crippen LogP contribution in [0.25, 0.3) is 10.9 Å². The Kier molecular flexibility index (Phi) is 8.82. The molecular weight excluding hydrogens is 305 g/mol. The number of nitrogens with one attached hydrogen (secondary N) is 1. The molecule has 0 amide bonds. The number of ketones is 1. The number of nitrogens with zero attached hydrogens (tertiary/aromatic N) is 2. The minimum absolute atomic E-state index is 0.0389. The lowest BCUT2D eigenvalue weighted by atomic mass is 10.1. The third kappa shape index (κ3) is 4.34. The van der Waals surface area contributed by atoms with Gasteiger partial charge in [0.05, 0.1) is 22.7 Å². The summed E-state index contributed by atoms with van der Waals surface area (Å²) >= 11 is 0. The summed E-state index contributed by atoms with van der Waals surface area (Å²) in [6, 6.07) is 0. The lowest BCUT2D eigenvalue weighted by Crippen LogP contribution is -2.26. The number of rotatable bonds is 4. The summed E-state index contributed by atoms with van der Waals surface area (Å²) in [7, 11) is 1.00. The summed E-state index contributed by atoms with van der Waals surface area (Å²) in [5.41, 5.74) is 5.33. The number of fused-ring (bicyclic) bond motifs is 1. The molecule has 2 aromatic heterocycles. The van der Waals surface area contributed by atoms with Gasteiger partial charge in [-0.05, 0) is 0 Å². The van der Waals surface area contributed by atoms with Crippen molar-refractivity contribution in [3.63, 3.8) is 0 Å². The van der Waals surface area contributed by atoms with E-state index in [9.17, 15) is 14.0 Å². The fourth-order valence-electron chi connectivity index (χ4n) is 1.71. The van der Waals surface area contributed by atoms with Gasteiger partial charge in [-0.2, -0.15) is 0 Å². The number of aromatic nitrogens is 2. The predicted molar refractivity (Wildman–Crippen MR) is 85.9 cm³/mol. The topological polar surface area (TPSA) is 138 Å². The molecule has 0 saturated heterocycles. The summed E-state index contributed by atoms with van der Waals surface area (Å²) in [5, 5.41) is 8.02. The smallest absolute Gasteiger partial charge is 0.227 e.